The maximum Gasteiger partial charge on any atom is 0.416 e. The Hall–Kier alpha value is -1.81. The predicted octanol–water partition coefficient (Wildman–Crippen LogP) is 4.58. The van der Waals surface area contributed by atoms with Crippen molar-refractivity contribution in [3.8, 4) is 0 Å². The molecule has 0 amide bonds. The largest absolute Gasteiger partial charge is 0.416 e. The van der Waals surface area contributed by atoms with Crippen LogP contribution in [0.2, 0.25) is 0 Å². The lowest BCUT2D eigenvalue weighted by Crippen LogP contribution is -2.20. The number of aryl methyl sites for hydroxylation is 1. The Labute approximate surface area is 122 Å². The lowest BCUT2D eigenvalue weighted by Gasteiger charge is -2.21. The van der Waals surface area contributed by atoms with E-state index in [-0.39, 0.29) is 6.04 Å². The van der Waals surface area contributed by atoms with E-state index in [0.29, 0.717) is 5.56 Å². The number of benzene rings is 2. The third kappa shape index (κ3) is 3.45. The van der Waals surface area contributed by atoms with Crippen LogP contribution < -0.4 is 5.32 Å². The molecule has 0 heterocycles. The van der Waals surface area contributed by atoms with Crippen LogP contribution in [0, 0.1) is 0 Å². The van der Waals surface area contributed by atoms with Crippen LogP contribution in [0.5, 0.6) is 0 Å². The van der Waals surface area contributed by atoms with Crippen molar-refractivity contribution in [1.82, 2.24) is 5.32 Å². The van der Waals surface area contributed by atoms with Crippen LogP contribution in [-0.2, 0) is 12.6 Å². The lowest BCUT2D eigenvalue weighted by molar-refractivity contribution is -0.137. The van der Waals surface area contributed by atoms with Gasteiger partial charge in [0.25, 0.3) is 0 Å². The van der Waals surface area contributed by atoms with Crippen molar-refractivity contribution in [2.24, 2.45) is 0 Å². The molecule has 0 saturated carbocycles. The van der Waals surface area contributed by atoms with Gasteiger partial charge in [0, 0.05) is 0 Å². The smallest absolute Gasteiger partial charge is 0.309 e. The molecule has 0 aliphatic carbocycles. The lowest BCUT2D eigenvalue weighted by atomic mass is 9.92. The molecule has 21 heavy (non-hydrogen) atoms. The van der Waals surface area contributed by atoms with Crippen molar-refractivity contribution in [1.29, 1.82) is 0 Å². The molecule has 2 aromatic carbocycles. The predicted molar refractivity (Wildman–Crippen MR) is 78.2 cm³/mol. The van der Waals surface area contributed by atoms with Gasteiger partial charge in [-0.2, -0.15) is 13.2 Å². The van der Waals surface area contributed by atoms with Gasteiger partial charge in [-0.3, -0.25) is 0 Å². The molecule has 1 unspecified atom stereocenters. The Morgan fingerprint density at radius 3 is 2.38 bits per heavy atom. The summed E-state index contributed by atoms with van der Waals surface area (Å²) >= 11 is 0. The summed E-state index contributed by atoms with van der Waals surface area (Å²) in [4.78, 5) is 0. The highest BCUT2D eigenvalue weighted by molar-refractivity contribution is 5.39. The average molecular weight is 293 g/mol. The summed E-state index contributed by atoms with van der Waals surface area (Å²) < 4.78 is 38.6. The van der Waals surface area contributed by atoms with E-state index in [9.17, 15) is 13.2 Å². The van der Waals surface area contributed by atoms with Gasteiger partial charge in [-0.05, 0) is 42.3 Å². The Bertz CT molecular complexity index is 605. The van der Waals surface area contributed by atoms with E-state index in [1.165, 1.54) is 12.1 Å². The van der Waals surface area contributed by atoms with Gasteiger partial charge in [0.1, 0.15) is 0 Å². The van der Waals surface area contributed by atoms with E-state index in [4.69, 9.17) is 0 Å². The highest BCUT2D eigenvalue weighted by Crippen LogP contribution is 2.32. The van der Waals surface area contributed by atoms with Gasteiger partial charge in [-0.1, -0.05) is 43.3 Å². The molecule has 1 N–H and O–H groups in total. The molecule has 0 radical (unpaired) electrons. The molecule has 0 aliphatic rings. The maximum atomic E-state index is 12.9. The second kappa shape index (κ2) is 6.31. The third-order valence-corrected chi connectivity index (χ3v) is 3.58. The molecule has 4 heteroatoms. The second-order valence-electron chi connectivity index (χ2n) is 4.90. The third-order valence-electron chi connectivity index (χ3n) is 3.58. The number of rotatable bonds is 4. The van der Waals surface area contributed by atoms with Crippen molar-refractivity contribution in [3.63, 3.8) is 0 Å². The van der Waals surface area contributed by atoms with Gasteiger partial charge in [0.15, 0.2) is 0 Å². The van der Waals surface area contributed by atoms with Crippen molar-refractivity contribution in [3.05, 3.63) is 70.8 Å². The van der Waals surface area contributed by atoms with Crippen molar-refractivity contribution < 1.29 is 13.2 Å². The van der Waals surface area contributed by atoms with Crippen molar-refractivity contribution >= 4 is 0 Å². The minimum absolute atomic E-state index is 0.247. The molecule has 2 aromatic rings. The van der Waals surface area contributed by atoms with E-state index >= 15 is 0 Å². The topological polar surface area (TPSA) is 12.0 Å². The quantitative estimate of drug-likeness (QED) is 0.870. The number of alkyl halides is 3. The first-order valence-electron chi connectivity index (χ1n) is 6.89. The Kier molecular flexibility index (Phi) is 4.68. The molecule has 0 aromatic heterocycles. The van der Waals surface area contributed by atoms with Crippen molar-refractivity contribution in [2.75, 3.05) is 7.05 Å². The number of halogens is 3. The maximum absolute atomic E-state index is 12.9. The van der Waals surface area contributed by atoms with Crippen LogP contribution in [-0.4, -0.2) is 7.05 Å². The Balaban J connectivity index is 2.47. The normalized spacial score (nSPS) is 13.2. The standard InChI is InChI=1S/C17H18F3N/c1-3-12-7-4-5-10-15(12)16(21-2)13-8-6-9-14(11-13)17(18,19)20/h4-11,16,21H,3H2,1-2H3. The molecule has 2 rings (SSSR count). The van der Waals surface area contributed by atoms with Crippen LogP contribution in [0.1, 0.15) is 35.2 Å². The fourth-order valence-electron chi connectivity index (χ4n) is 2.53. The molecular weight excluding hydrogens is 275 g/mol. The molecule has 0 aliphatic heterocycles. The molecule has 1 atom stereocenters. The highest BCUT2D eigenvalue weighted by Gasteiger charge is 2.31. The molecule has 0 saturated heterocycles. The highest BCUT2D eigenvalue weighted by atomic mass is 19.4. The first kappa shape index (κ1) is 15.6. The first-order chi connectivity index (χ1) is 9.97. The van der Waals surface area contributed by atoms with Crippen LogP contribution in [0.15, 0.2) is 48.5 Å². The summed E-state index contributed by atoms with van der Waals surface area (Å²) in [6.45, 7) is 2.04. The van der Waals surface area contributed by atoms with Gasteiger partial charge in [-0.15, -0.1) is 0 Å². The van der Waals surface area contributed by atoms with Gasteiger partial charge in [0.05, 0.1) is 11.6 Å². The van der Waals surface area contributed by atoms with Gasteiger partial charge >= 0.3 is 6.18 Å². The van der Waals surface area contributed by atoms with E-state index in [2.05, 4.69) is 5.32 Å². The Morgan fingerprint density at radius 2 is 1.76 bits per heavy atom. The van der Waals surface area contributed by atoms with Crippen LogP contribution >= 0.6 is 0 Å². The number of nitrogens with one attached hydrogen (secondary N) is 1. The Morgan fingerprint density at radius 1 is 1.05 bits per heavy atom. The van der Waals surface area contributed by atoms with E-state index < -0.39 is 11.7 Å². The summed E-state index contributed by atoms with van der Waals surface area (Å²) in [5.41, 5.74) is 2.15. The summed E-state index contributed by atoms with van der Waals surface area (Å²) in [7, 11) is 1.76. The van der Waals surface area contributed by atoms with Gasteiger partial charge in [-0.25, -0.2) is 0 Å². The monoisotopic (exact) mass is 293 g/mol. The minimum Gasteiger partial charge on any atom is -0.309 e. The second-order valence-corrected chi connectivity index (χ2v) is 4.90. The zero-order valence-electron chi connectivity index (χ0n) is 12.0. The average Bonchev–Trinajstić information content (AvgIpc) is 2.48. The number of hydrogen-bond donors (Lipinski definition) is 1. The molecule has 112 valence electrons. The fourth-order valence-corrected chi connectivity index (χ4v) is 2.53. The van der Waals surface area contributed by atoms with Gasteiger partial charge in [0.2, 0.25) is 0 Å². The number of hydrogen-bond acceptors (Lipinski definition) is 1. The summed E-state index contributed by atoms with van der Waals surface area (Å²) in [6.07, 6.45) is -3.48. The summed E-state index contributed by atoms with van der Waals surface area (Å²) in [6, 6.07) is 13.1. The zero-order chi connectivity index (χ0) is 15.5. The van der Waals surface area contributed by atoms with Crippen LogP contribution in [0.3, 0.4) is 0 Å². The van der Waals surface area contributed by atoms with E-state index in [1.54, 1.807) is 13.1 Å². The first-order valence-corrected chi connectivity index (χ1v) is 6.89. The van der Waals surface area contributed by atoms with Gasteiger partial charge < -0.3 is 5.32 Å². The van der Waals surface area contributed by atoms with E-state index in [0.717, 1.165) is 23.6 Å². The molecule has 0 bridgehead atoms. The minimum atomic E-state index is -4.32. The summed E-state index contributed by atoms with van der Waals surface area (Å²) in [5, 5.41) is 3.12. The fraction of sp³-hybridized carbons (Fsp3) is 0.294. The van der Waals surface area contributed by atoms with Crippen LogP contribution in [0.25, 0.3) is 0 Å². The molecular formula is C17H18F3N. The molecule has 0 fully saturated rings. The zero-order valence-corrected chi connectivity index (χ0v) is 12.0. The molecule has 0 spiro atoms. The van der Waals surface area contributed by atoms with Crippen molar-refractivity contribution in [2.45, 2.75) is 25.6 Å². The van der Waals surface area contributed by atoms with Crippen LogP contribution in [0.4, 0.5) is 13.2 Å². The van der Waals surface area contributed by atoms with E-state index in [1.807, 2.05) is 31.2 Å². The molecule has 1 nitrogen and oxygen atoms in total. The summed E-state index contributed by atoms with van der Waals surface area (Å²) in [5.74, 6) is 0. The SMILES string of the molecule is CCc1ccccc1C(NC)c1cccc(C(F)(F)F)c1.